The molecule has 0 aliphatic carbocycles. The quantitative estimate of drug-likeness (QED) is 0.867. The Labute approximate surface area is 120 Å². The van der Waals surface area contributed by atoms with Crippen LogP contribution in [-0.4, -0.2) is 4.98 Å². The van der Waals surface area contributed by atoms with E-state index in [-0.39, 0.29) is 0 Å². The van der Waals surface area contributed by atoms with Crippen LogP contribution in [0.25, 0.3) is 0 Å². The minimum absolute atomic E-state index is 0.505. The SMILES string of the molecule is CCCc1cc(CN)cc(Oc2cccc(CC)c2)n1. The standard InChI is InChI=1S/C17H22N2O/c1-3-6-15-9-14(12-18)11-17(19-15)20-16-8-5-7-13(4-2)10-16/h5,7-11H,3-4,6,12,18H2,1-2H3. The van der Waals surface area contributed by atoms with E-state index >= 15 is 0 Å². The van der Waals surface area contributed by atoms with E-state index in [0.29, 0.717) is 12.4 Å². The van der Waals surface area contributed by atoms with Gasteiger partial charge >= 0.3 is 0 Å². The first-order valence-electron chi connectivity index (χ1n) is 7.21. The molecule has 0 unspecified atom stereocenters. The predicted octanol–water partition coefficient (Wildman–Crippen LogP) is 3.85. The van der Waals surface area contributed by atoms with Gasteiger partial charge in [0.1, 0.15) is 5.75 Å². The molecule has 106 valence electrons. The van der Waals surface area contributed by atoms with Crippen molar-refractivity contribution in [3.8, 4) is 11.6 Å². The highest BCUT2D eigenvalue weighted by Crippen LogP contribution is 2.22. The topological polar surface area (TPSA) is 48.1 Å². The number of pyridine rings is 1. The third-order valence-electron chi connectivity index (χ3n) is 3.19. The van der Waals surface area contributed by atoms with Crippen LogP contribution in [-0.2, 0) is 19.4 Å². The Morgan fingerprint density at radius 2 is 1.95 bits per heavy atom. The van der Waals surface area contributed by atoms with Crippen LogP contribution in [0.1, 0.15) is 37.1 Å². The normalized spacial score (nSPS) is 10.6. The van der Waals surface area contributed by atoms with E-state index in [1.807, 2.05) is 18.2 Å². The lowest BCUT2D eigenvalue weighted by atomic mass is 10.1. The molecule has 0 fully saturated rings. The van der Waals surface area contributed by atoms with Gasteiger partial charge in [-0.05, 0) is 42.2 Å². The van der Waals surface area contributed by atoms with Crippen molar-refractivity contribution in [2.75, 3.05) is 0 Å². The second-order valence-electron chi connectivity index (χ2n) is 4.86. The Balaban J connectivity index is 2.24. The highest BCUT2D eigenvalue weighted by molar-refractivity contribution is 5.33. The van der Waals surface area contributed by atoms with Crippen molar-refractivity contribution in [2.45, 2.75) is 39.7 Å². The summed E-state index contributed by atoms with van der Waals surface area (Å²) in [7, 11) is 0. The summed E-state index contributed by atoms with van der Waals surface area (Å²) in [5.41, 5.74) is 9.09. The van der Waals surface area contributed by atoms with Gasteiger partial charge in [0, 0.05) is 18.3 Å². The Morgan fingerprint density at radius 1 is 1.10 bits per heavy atom. The van der Waals surface area contributed by atoms with Crippen LogP contribution < -0.4 is 10.5 Å². The Morgan fingerprint density at radius 3 is 2.65 bits per heavy atom. The molecule has 3 nitrogen and oxygen atoms in total. The van der Waals surface area contributed by atoms with E-state index in [1.165, 1.54) is 5.56 Å². The van der Waals surface area contributed by atoms with E-state index in [2.05, 4.69) is 37.0 Å². The number of aryl methyl sites for hydroxylation is 2. The van der Waals surface area contributed by atoms with Crippen LogP contribution in [0.3, 0.4) is 0 Å². The maximum absolute atomic E-state index is 5.88. The van der Waals surface area contributed by atoms with Gasteiger partial charge < -0.3 is 10.5 Å². The van der Waals surface area contributed by atoms with E-state index in [9.17, 15) is 0 Å². The zero-order valence-electron chi connectivity index (χ0n) is 12.2. The smallest absolute Gasteiger partial charge is 0.219 e. The largest absolute Gasteiger partial charge is 0.439 e. The second-order valence-corrected chi connectivity index (χ2v) is 4.86. The molecule has 0 bridgehead atoms. The van der Waals surface area contributed by atoms with Crippen LogP contribution in [0.2, 0.25) is 0 Å². The Bertz CT molecular complexity index is 567. The highest BCUT2D eigenvalue weighted by atomic mass is 16.5. The molecule has 2 aromatic rings. The lowest BCUT2D eigenvalue weighted by Crippen LogP contribution is -2.01. The second kappa shape index (κ2) is 7.06. The fourth-order valence-electron chi connectivity index (χ4n) is 2.12. The molecule has 1 aromatic carbocycles. The lowest BCUT2D eigenvalue weighted by Gasteiger charge is -2.09. The van der Waals surface area contributed by atoms with E-state index < -0.39 is 0 Å². The van der Waals surface area contributed by atoms with Crippen molar-refractivity contribution >= 4 is 0 Å². The van der Waals surface area contributed by atoms with E-state index in [4.69, 9.17) is 10.5 Å². The molecule has 0 spiro atoms. The number of rotatable bonds is 6. The summed E-state index contributed by atoms with van der Waals surface area (Å²) >= 11 is 0. The average molecular weight is 270 g/mol. The van der Waals surface area contributed by atoms with Crippen LogP contribution in [0, 0.1) is 0 Å². The molecule has 2 rings (SSSR count). The predicted molar refractivity (Wildman–Crippen MR) is 82.0 cm³/mol. The molecule has 3 heteroatoms. The Kier molecular flexibility index (Phi) is 5.13. The maximum atomic E-state index is 5.88. The number of hydrogen-bond donors (Lipinski definition) is 1. The average Bonchev–Trinajstić information content (AvgIpc) is 2.47. The first-order valence-corrected chi connectivity index (χ1v) is 7.21. The molecular weight excluding hydrogens is 248 g/mol. The third kappa shape index (κ3) is 3.81. The first kappa shape index (κ1) is 14.5. The summed E-state index contributed by atoms with van der Waals surface area (Å²) in [5, 5.41) is 0. The first-order chi connectivity index (χ1) is 9.75. The van der Waals surface area contributed by atoms with Gasteiger partial charge in [-0.15, -0.1) is 0 Å². The number of nitrogens with zero attached hydrogens (tertiary/aromatic N) is 1. The van der Waals surface area contributed by atoms with Gasteiger partial charge in [0.15, 0.2) is 0 Å². The van der Waals surface area contributed by atoms with Crippen LogP contribution in [0.15, 0.2) is 36.4 Å². The fourth-order valence-corrected chi connectivity index (χ4v) is 2.12. The summed E-state index contributed by atoms with van der Waals surface area (Å²) in [6.07, 6.45) is 3.00. The number of ether oxygens (including phenoxy) is 1. The molecule has 0 aliphatic heterocycles. The zero-order valence-corrected chi connectivity index (χ0v) is 12.2. The van der Waals surface area contributed by atoms with Crippen molar-refractivity contribution in [1.29, 1.82) is 0 Å². The molecule has 0 radical (unpaired) electrons. The van der Waals surface area contributed by atoms with Gasteiger partial charge in [-0.25, -0.2) is 4.98 Å². The lowest BCUT2D eigenvalue weighted by molar-refractivity contribution is 0.459. The van der Waals surface area contributed by atoms with Crippen LogP contribution >= 0.6 is 0 Å². The van der Waals surface area contributed by atoms with Gasteiger partial charge in [0.05, 0.1) is 0 Å². The number of nitrogens with two attached hydrogens (primary N) is 1. The molecule has 1 heterocycles. The highest BCUT2D eigenvalue weighted by Gasteiger charge is 2.05. The molecule has 1 aromatic heterocycles. The number of benzene rings is 1. The molecule has 0 atom stereocenters. The molecule has 0 amide bonds. The maximum Gasteiger partial charge on any atom is 0.219 e. The van der Waals surface area contributed by atoms with E-state index in [0.717, 1.165) is 36.3 Å². The molecule has 0 saturated heterocycles. The van der Waals surface area contributed by atoms with Crippen molar-refractivity contribution < 1.29 is 4.74 Å². The monoisotopic (exact) mass is 270 g/mol. The summed E-state index contributed by atoms with van der Waals surface area (Å²) < 4.78 is 5.88. The van der Waals surface area contributed by atoms with Crippen LogP contribution in [0.5, 0.6) is 11.6 Å². The van der Waals surface area contributed by atoms with Crippen molar-refractivity contribution in [1.82, 2.24) is 4.98 Å². The minimum atomic E-state index is 0.505. The summed E-state index contributed by atoms with van der Waals surface area (Å²) in [5.74, 6) is 1.46. The fraction of sp³-hybridized carbons (Fsp3) is 0.353. The summed E-state index contributed by atoms with van der Waals surface area (Å²) in [4.78, 5) is 4.54. The van der Waals surface area contributed by atoms with Crippen LogP contribution in [0.4, 0.5) is 0 Å². The summed E-state index contributed by atoms with van der Waals surface area (Å²) in [6.45, 7) is 4.78. The van der Waals surface area contributed by atoms with Gasteiger partial charge in [-0.1, -0.05) is 32.4 Å². The minimum Gasteiger partial charge on any atom is -0.439 e. The summed E-state index contributed by atoms with van der Waals surface area (Å²) in [6, 6.07) is 12.1. The van der Waals surface area contributed by atoms with Gasteiger partial charge in [0.2, 0.25) is 5.88 Å². The van der Waals surface area contributed by atoms with E-state index in [1.54, 1.807) is 0 Å². The van der Waals surface area contributed by atoms with Gasteiger partial charge in [0.25, 0.3) is 0 Å². The number of hydrogen-bond acceptors (Lipinski definition) is 3. The molecular formula is C17H22N2O. The number of aromatic nitrogens is 1. The Hall–Kier alpha value is -1.87. The van der Waals surface area contributed by atoms with Gasteiger partial charge in [-0.3, -0.25) is 0 Å². The molecule has 20 heavy (non-hydrogen) atoms. The molecule has 0 aliphatic rings. The zero-order chi connectivity index (χ0) is 14.4. The van der Waals surface area contributed by atoms with Gasteiger partial charge in [-0.2, -0.15) is 0 Å². The molecule has 0 saturated carbocycles. The van der Waals surface area contributed by atoms with Crippen molar-refractivity contribution in [3.63, 3.8) is 0 Å². The van der Waals surface area contributed by atoms with Crippen molar-refractivity contribution in [3.05, 3.63) is 53.2 Å². The third-order valence-corrected chi connectivity index (χ3v) is 3.19. The van der Waals surface area contributed by atoms with Crippen molar-refractivity contribution in [2.24, 2.45) is 5.73 Å². The molecule has 2 N–H and O–H groups in total.